The van der Waals surface area contributed by atoms with Gasteiger partial charge in [0.15, 0.2) is 0 Å². The number of aryl methyl sites for hydroxylation is 1. The first-order chi connectivity index (χ1) is 10.6. The standard InChI is InChI=1S/C14H18N4O3S/c1-5-21-13(19)10(3)22-14-15-16-17-18(14)11-8-9(2)6-7-12(11)20-4/h6-8,10H,5H2,1-4H3/t10-/m0/s1. The molecule has 0 saturated carbocycles. The maximum Gasteiger partial charge on any atom is 0.319 e. The Morgan fingerprint density at radius 3 is 2.91 bits per heavy atom. The summed E-state index contributed by atoms with van der Waals surface area (Å²) in [5.41, 5.74) is 1.78. The maximum atomic E-state index is 11.7. The second kappa shape index (κ2) is 7.26. The lowest BCUT2D eigenvalue weighted by Crippen LogP contribution is -2.17. The fourth-order valence-corrected chi connectivity index (χ4v) is 2.63. The summed E-state index contributed by atoms with van der Waals surface area (Å²) in [5, 5.41) is 11.8. The number of hydrogen-bond donors (Lipinski definition) is 0. The molecule has 1 aromatic heterocycles. The molecule has 0 unspecified atom stereocenters. The summed E-state index contributed by atoms with van der Waals surface area (Å²) in [6.45, 7) is 5.85. The molecular formula is C14H18N4O3S. The molecule has 0 aliphatic carbocycles. The zero-order valence-corrected chi connectivity index (χ0v) is 13.8. The van der Waals surface area contributed by atoms with Gasteiger partial charge in [-0.1, -0.05) is 17.8 Å². The van der Waals surface area contributed by atoms with Gasteiger partial charge in [0.25, 0.3) is 0 Å². The van der Waals surface area contributed by atoms with Gasteiger partial charge in [0.05, 0.1) is 13.7 Å². The van der Waals surface area contributed by atoms with Crippen LogP contribution in [0.15, 0.2) is 23.4 Å². The first-order valence-corrected chi connectivity index (χ1v) is 7.71. The summed E-state index contributed by atoms with van der Waals surface area (Å²) in [7, 11) is 1.59. The summed E-state index contributed by atoms with van der Waals surface area (Å²) in [6, 6.07) is 5.73. The highest BCUT2D eigenvalue weighted by Crippen LogP contribution is 2.28. The smallest absolute Gasteiger partial charge is 0.319 e. The Kier molecular flexibility index (Phi) is 5.37. The Hall–Kier alpha value is -2.09. The Labute approximate surface area is 133 Å². The second-order valence-electron chi connectivity index (χ2n) is 4.56. The van der Waals surface area contributed by atoms with Crippen molar-refractivity contribution in [2.24, 2.45) is 0 Å². The van der Waals surface area contributed by atoms with Crippen molar-refractivity contribution in [2.75, 3.05) is 13.7 Å². The minimum atomic E-state index is -0.402. The molecule has 2 rings (SSSR count). The van der Waals surface area contributed by atoms with Gasteiger partial charge in [-0.25, -0.2) is 0 Å². The lowest BCUT2D eigenvalue weighted by molar-refractivity contribution is -0.142. The monoisotopic (exact) mass is 322 g/mol. The van der Waals surface area contributed by atoms with E-state index in [2.05, 4.69) is 15.5 Å². The highest BCUT2D eigenvalue weighted by molar-refractivity contribution is 8.00. The fraction of sp³-hybridized carbons (Fsp3) is 0.429. The number of esters is 1. The summed E-state index contributed by atoms with van der Waals surface area (Å²) in [6.07, 6.45) is 0. The summed E-state index contributed by atoms with van der Waals surface area (Å²) < 4.78 is 11.9. The van der Waals surface area contributed by atoms with Crippen LogP contribution in [-0.4, -0.2) is 45.1 Å². The molecule has 0 amide bonds. The van der Waals surface area contributed by atoms with Crippen LogP contribution in [0.2, 0.25) is 0 Å². The number of thioether (sulfide) groups is 1. The van der Waals surface area contributed by atoms with Crippen molar-refractivity contribution in [3.63, 3.8) is 0 Å². The number of benzene rings is 1. The van der Waals surface area contributed by atoms with Crippen molar-refractivity contribution in [3.8, 4) is 11.4 Å². The third kappa shape index (κ3) is 3.56. The van der Waals surface area contributed by atoms with Crippen molar-refractivity contribution >= 4 is 17.7 Å². The predicted octanol–water partition coefficient (Wildman–Crippen LogP) is 2.02. The quantitative estimate of drug-likeness (QED) is 0.594. The van der Waals surface area contributed by atoms with Crippen LogP contribution in [0.25, 0.3) is 5.69 Å². The van der Waals surface area contributed by atoms with E-state index in [9.17, 15) is 4.79 Å². The van der Waals surface area contributed by atoms with Crippen molar-refractivity contribution in [1.82, 2.24) is 20.2 Å². The van der Waals surface area contributed by atoms with Crippen molar-refractivity contribution in [3.05, 3.63) is 23.8 Å². The minimum Gasteiger partial charge on any atom is -0.494 e. The van der Waals surface area contributed by atoms with Gasteiger partial charge in [-0.2, -0.15) is 4.68 Å². The van der Waals surface area contributed by atoms with Crippen LogP contribution < -0.4 is 4.74 Å². The van der Waals surface area contributed by atoms with Crippen LogP contribution in [-0.2, 0) is 9.53 Å². The number of hydrogen-bond acceptors (Lipinski definition) is 7. The number of aromatic nitrogens is 4. The number of carbonyl (C=O) groups excluding carboxylic acids is 1. The van der Waals surface area contributed by atoms with Crippen LogP contribution >= 0.6 is 11.8 Å². The van der Waals surface area contributed by atoms with E-state index in [0.717, 1.165) is 11.3 Å². The molecule has 0 bridgehead atoms. The molecule has 1 heterocycles. The van der Waals surface area contributed by atoms with Gasteiger partial charge < -0.3 is 9.47 Å². The average molecular weight is 322 g/mol. The highest BCUT2D eigenvalue weighted by Gasteiger charge is 2.21. The van der Waals surface area contributed by atoms with Crippen LogP contribution in [0.4, 0.5) is 0 Å². The lowest BCUT2D eigenvalue weighted by atomic mass is 10.2. The third-order valence-electron chi connectivity index (χ3n) is 2.90. The van der Waals surface area contributed by atoms with E-state index in [-0.39, 0.29) is 5.97 Å². The van der Waals surface area contributed by atoms with E-state index < -0.39 is 5.25 Å². The van der Waals surface area contributed by atoms with E-state index in [4.69, 9.17) is 9.47 Å². The molecule has 0 spiro atoms. The van der Waals surface area contributed by atoms with Crippen molar-refractivity contribution in [1.29, 1.82) is 0 Å². The maximum absolute atomic E-state index is 11.7. The molecule has 2 aromatic rings. The van der Waals surface area contributed by atoms with Gasteiger partial charge in [-0.05, 0) is 48.9 Å². The molecule has 8 heteroatoms. The largest absolute Gasteiger partial charge is 0.494 e. The van der Waals surface area contributed by atoms with Crippen LogP contribution in [0.5, 0.6) is 5.75 Å². The molecule has 0 saturated heterocycles. The number of nitrogens with zero attached hydrogens (tertiary/aromatic N) is 4. The van der Waals surface area contributed by atoms with Crippen molar-refractivity contribution in [2.45, 2.75) is 31.2 Å². The SMILES string of the molecule is CCOC(=O)[C@H](C)Sc1nnnn1-c1cc(C)ccc1OC. The number of carbonyl (C=O) groups is 1. The van der Waals surface area contributed by atoms with E-state index in [1.165, 1.54) is 11.8 Å². The Morgan fingerprint density at radius 2 is 2.23 bits per heavy atom. The zero-order valence-electron chi connectivity index (χ0n) is 12.9. The molecule has 7 nitrogen and oxygen atoms in total. The van der Waals surface area contributed by atoms with E-state index in [0.29, 0.717) is 17.5 Å². The van der Waals surface area contributed by atoms with Crippen LogP contribution in [0.1, 0.15) is 19.4 Å². The molecule has 0 aliphatic heterocycles. The van der Waals surface area contributed by atoms with Gasteiger partial charge in [0, 0.05) is 0 Å². The predicted molar refractivity (Wildman–Crippen MR) is 82.4 cm³/mol. The number of rotatable bonds is 6. The van der Waals surface area contributed by atoms with E-state index in [1.54, 1.807) is 25.6 Å². The number of ether oxygens (including phenoxy) is 2. The Balaban J connectivity index is 2.30. The highest BCUT2D eigenvalue weighted by atomic mass is 32.2. The lowest BCUT2D eigenvalue weighted by Gasteiger charge is -2.12. The van der Waals surface area contributed by atoms with Gasteiger partial charge >= 0.3 is 5.97 Å². The molecular weight excluding hydrogens is 304 g/mol. The second-order valence-corrected chi connectivity index (χ2v) is 5.87. The van der Waals surface area contributed by atoms with Gasteiger partial charge in [0.1, 0.15) is 16.7 Å². The fourth-order valence-electron chi connectivity index (χ4n) is 1.83. The molecule has 1 atom stereocenters. The average Bonchev–Trinajstić information content (AvgIpc) is 2.95. The third-order valence-corrected chi connectivity index (χ3v) is 3.92. The van der Waals surface area contributed by atoms with Gasteiger partial charge in [-0.15, -0.1) is 5.10 Å². The normalized spacial score (nSPS) is 12.0. The molecule has 0 fully saturated rings. The molecule has 118 valence electrons. The summed E-state index contributed by atoms with van der Waals surface area (Å²) in [4.78, 5) is 11.7. The number of methoxy groups -OCH3 is 1. The Bertz CT molecular complexity index is 659. The molecule has 1 aromatic carbocycles. The minimum absolute atomic E-state index is 0.293. The molecule has 0 N–H and O–H groups in total. The Morgan fingerprint density at radius 1 is 1.45 bits per heavy atom. The zero-order chi connectivity index (χ0) is 16.1. The topological polar surface area (TPSA) is 79.1 Å². The number of tetrazole rings is 1. The summed E-state index contributed by atoms with van der Waals surface area (Å²) in [5.74, 6) is 0.363. The summed E-state index contributed by atoms with van der Waals surface area (Å²) >= 11 is 1.24. The van der Waals surface area contributed by atoms with E-state index in [1.807, 2.05) is 25.1 Å². The molecule has 0 aliphatic rings. The van der Waals surface area contributed by atoms with Crippen LogP contribution in [0, 0.1) is 6.92 Å². The van der Waals surface area contributed by atoms with E-state index >= 15 is 0 Å². The first-order valence-electron chi connectivity index (χ1n) is 6.83. The van der Waals surface area contributed by atoms with Gasteiger partial charge in [0.2, 0.25) is 5.16 Å². The first kappa shape index (κ1) is 16.3. The van der Waals surface area contributed by atoms with Crippen molar-refractivity contribution < 1.29 is 14.3 Å². The van der Waals surface area contributed by atoms with Gasteiger partial charge in [-0.3, -0.25) is 4.79 Å². The molecule has 22 heavy (non-hydrogen) atoms. The van der Waals surface area contributed by atoms with Crippen LogP contribution in [0.3, 0.4) is 0 Å². The molecule has 0 radical (unpaired) electrons.